The molecule has 1 amide bonds. The molecule has 2 aromatic rings. The molecule has 2 N–H and O–H groups in total. The number of hydrogen-bond acceptors (Lipinski definition) is 4. The topological polar surface area (TPSA) is 67.8 Å². The third kappa shape index (κ3) is 3.05. The van der Waals surface area contributed by atoms with Gasteiger partial charge in [0, 0.05) is 11.8 Å². The van der Waals surface area contributed by atoms with Crippen LogP contribution in [0.5, 0.6) is 17.2 Å². The van der Waals surface area contributed by atoms with Crippen molar-refractivity contribution in [1.82, 2.24) is 0 Å². The summed E-state index contributed by atoms with van der Waals surface area (Å²) >= 11 is 0. The molecule has 6 heteroatoms. The second kappa shape index (κ2) is 6.13. The van der Waals surface area contributed by atoms with Crippen LogP contribution in [0.25, 0.3) is 0 Å². The Morgan fingerprint density at radius 2 is 1.86 bits per heavy atom. The van der Waals surface area contributed by atoms with Crippen LogP contribution >= 0.6 is 0 Å². The molecule has 0 aromatic heterocycles. The number of hydrogen-bond donors (Lipinski definition) is 2. The molecule has 110 valence electrons. The molecule has 2 rings (SSSR count). The summed E-state index contributed by atoms with van der Waals surface area (Å²) in [7, 11) is 2.75. The van der Waals surface area contributed by atoms with Gasteiger partial charge in [0.1, 0.15) is 17.1 Å². The first kappa shape index (κ1) is 14.6. The van der Waals surface area contributed by atoms with Crippen LogP contribution < -0.4 is 14.8 Å². The smallest absolute Gasteiger partial charge is 0.262 e. The molecule has 0 atom stereocenters. The highest BCUT2D eigenvalue weighted by molar-refractivity contribution is 6.06. The van der Waals surface area contributed by atoms with Gasteiger partial charge in [-0.1, -0.05) is 6.07 Å². The van der Waals surface area contributed by atoms with E-state index in [0.29, 0.717) is 5.69 Å². The van der Waals surface area contributed by atoms with Crippen molar-refractivity contribution in [3.63, 3.8) is 0 Å². The minimum Gasteiger partial charge on any atom is -0.504 e. The van der Waals surface area contributed by atoms with Gasteiger partial charge in [0.15, 0.2) is 11.5 Å². The summed E-state index contributed by atoms with van der Waals surface area (Å²) in [6, 6.07) is 8.40. The summed E-state index contributed by atoms with van der Waals surface area (Å²) in [5.74, 6) is -1.05. The summed E-state index contributed by atoms with van der Waals surface area (Å²) in [6.07, 6.45) is 0. The van der Waals surface area contributed by atoms with E-state index in [1.54, 1.807) is 0 Å². The number of aromatic hydroxyl groups is 1. The number of nitrogens with one attached hydrogen (secondary N) is 1. The van der Waals surface area contributed by atoms with Crippen LogP contribution in [-0.4, -0.2) is 25.2 Å². The molecular weight excluding hydrogens is 277 g/mol. The molecule has 0 saturated carbocycles. The van der Waals surface area contributed by atoms with Crippen LogP contribution in [0.15, 0.2) is 36.4 Å². The summed E-state index contributed by atoms with van der Waals surface area (Å²) < 4.78 is 23.7. The molecule has 0 fully saturated rings. The number of methoxy groups -OCH3 is 2. The Morgan fingerprint density at radius 1 is 1.14 bits per heavy atom. The molecule has 2 aromatic carbocycles. The van der Waals surface area contributed by atoms with Crippen molar-refractivity contribution in [2.75, 3.05) is 19.5 Å². The Morgan fingerprint density at radius 3 is 2.52 bits per heavy atom. The average molecular weight is 291 g/mol. The standard InChI is InChI=1S/C15H14FNO4/c1-20-12-5-3-4-10(16)14(12)15(19)17-9-6-7-11(18)13(8-9)21-2/h3-8,18H,1-2H3,(H,17,19). The molecule has 0 aliphatic rings. The molecule has 0 aliphatic carbocycles. The van der Waals surface area contributed by atoms with Gasteiger partial charge < -0.3 is 19.9 Å². The van der Waals surface area contributed by atoms with Crippen molar-refractivity contribution in [3.8, 4) is 17.2 Å². The number of rotatable bonds is 4. The van der Waals surface area contributed by atoms with Gasteiger partial charge in [-0.25, -0.2) is 4.39 Å². The minimum atomic E-state index is -0.683. The molecule has 5 nitrogen and oxygen atoms in total. The molecule has 0 saturated heterocycles. The Bertz CT molecular complexity index is 673. The van der Waals surface area contributed by atoms with Gasteiger partial charge in [0.2, 0.25) is 0 Å². The molecule has 21 heavy (non-hydrogen) atoms. The summed E-state index contributed by atoms with van der Waals surface area (Å²) in [4.78, 5) is 12.2. The van der Waals surface area contributed by atoms with Crippen LogP contribution in [-0.2, 0) is 0 Å². The maximum absolute atomic E-state index is 13.8. The van der Waals surface area contributed by atoms with Crippen LogP contribution in [0, 0.1) is 5.82 Å². The zero-order valence-electron chi connectivity index (χ0n) is 11.5. The van der Waals surface area contributed by atoms with E-state index >= 15 is 0 Å². The van der Waals surface area contributed by atoms with E-state index in [0.717, 1.165) is 0 Å². The van der Waals surface area contributed by atoms with Gasteiger partial charge in [0.25, 0.3) is 5.91 Å². The highest BCUT2D eigenvalue weighted by Gasteiger charge is 2.18. The van der Waals surface area contributed by atoms with Crippen LogP contribution in [0.3, 0.4) is 0 Å². The molecule has 0 heterocycles. The van der Waals surface area contributed by atoms with E-state index in [4.69, 9.17) is 9.47 Å². The Kier molecular flexibility index (Phi) is 4.27. The molecule has 0 unspecified atom stereocenters. The summed E-state index contributed by atoms with van der Waals surface area (Å²) in [5.41, 5.74) is 0.173. The minimum absolute atomic E-state index is 0.0565. The molecule has 0 radical (unpaired) electrons. The van der Waals surface area contributed by atoms with E-state index in [1.807, 2.05) is 0 Å². The normalized spacial score (nSPS) is 10.0. The lowest BCUT2D eigenvalue weighted by Gasteiger charge is -2.11. The number of halogens is 1. The molecule has 0 bridgehead atoms. The maximum atomic E-state index is 13.8. The third-order valence-electron chi connectivity index (χ3n) is 2.86. The number of carbonyl (C=O) groups excluding carboxylic acids is 1. The Balaban J connectivity index is 2.30. The van der Waals surface area contributed by atoms with E-state index < -0.39 is 11.7 Å². The first-order chi connectivity index (χ1) is 10.1. The highest BCUT2D eigenvalue weighted by Crippen LogP contribution is 2.29. The number of carbonyl (C=O) groups is 1. The monoisotopic (exact) mass is 291 g/mol. The Hall–Kier alpha value is -2.76. The first-order valence-corrected chi connectivity index (χ1v) is 6.07. The second-order valence-corrected chi connectivity index (χ2v) is 4.16. The fourth-order valence-electron chi connectivity index (χ4n) is 1.84. The number of amides is 1. The SMILES string of the molecule is COc1cc(NC(=O)c2c(F)cccc2OC)ccc1O. The van der Waals surface area contributed by atoms with Crippen molar-refractivity contribution < 1.29 is 23.8 Å². The van der Waals surface area contributed by atoms with Crippen LogP contribution in [0.4, 0.5) is 10.1 Å². The summed E-state index contributed by atoms with van der Waals surface area (Å²) in [6.45, 7) is 0. The van der Waals surface area contributed by atoms with E-state index in [-0.39, 0.29) is 22.8 Å². The fourth-order valence-corrected chi connectivity index (χ4v) is 1.84. The van der Waals surface area contributed by atoms with Gasteiger partial charge in [0.05, 0.1) is 14.2 Å². The number of ether oxygens (including phenoxy) is 2. The van der Waals surface area contributed by atoms with Gasteiger partial charge in [-0.2, -0.15) is 0 Å². The zero-order chi connectivity index (χ0) is 15.4. The van der Waals surface area contributed by atoms with Crippen molar-refractivity contribution in [2.45, 2.75) is 0 Å². The summed E-state index contributed by atoms with van der Waals surface area (Å²) in [5, 5.41) is 12.0. The molecule has 0 spiro atoms. The van der Waals surface area contributed by atoms with Crippen molar-refractivity contribution in [1.29, 1.82) is 0 Å². The second-order valence-electron chi connectivity index (χ2n) is 4.16. The van der Waals surface area contributed by atoms with Crippen molar-refractivity contribution in [2.24, 2.45) is 0 Å². The lowest BCUT2D eigenvalue weighted by Crippen LogP contribution is -2.15. The van der Waals surface area contributed by atoms with E-state index in [9.17, 15) is 14.3 Å². The predicted molar refractivity (Wildman–Crippen MR) is 75.6 cm³/mol. The molecular formula is C15H14FNO4. The molecule has 0 aliphatic heterocycles. The van der Waals surface area contributed by atoms with Gasteiger partial charge in [-0.15, -0.1) is 0 Å². The van der Waals surface area contributed by atoms with E-state index in [1.165, 1.54) is 50.6 Å². The quantitative estimate of drug-likeness (QED) is 0.850. The highest BCUT2D eigenvalue weighted by atomic mass is 19.1. The number of phenolic OH excluding ortho intramolecular Hbond substituents is 1. The van der Waals surface area contributed by atoms with Crippen LogP contribution in [0.1, 0.15) is 10.4 Å². The lowest BCUT2D eigenvalue weighted by atomic mass is 10.1. The largest absolute Gasteiger partial charge is 0.504 e. The third-order valence-corrected chi connectivity index (χ3v) is 2.86. The van der Waals surface area contributed by atoms with Crippen LogP contribution in [0.2, 0.25) is 0 Å². The average Bonchev–Trinajstić information content (AvgIpc) is 2.48. The first-order valence-electron chi connectivity index (χ1n) is 6.07. The number of anilines is 1. The van der Waals surface area contributed by atoms with E-state index in [2.05, 4.69) is 5.32 Å². The predicted octanol–water partition coefficient (Wildman–Crippen LogP) is 2.80. The Labute approximate surface area is 120 Å². The van der Waals surface area contributed by atoms with Gasteiger partial charge in [-0.3, -0.25) is 4.79 Å². The van der Waals surface area contributed by atoms with Gasteiger partial charge >= 0.3 is 0 Å². The number of benzene rings is 2. The fraction of sp³-hybridized carbons (Fsp3) is 0.133. The van der Waals surface area contributed by atoms with Crippen molar-refractivity contribution in [3.05, 3.63) is 47.8 Å². The maximum Gasteiger partial charge on any atom is 0.262 e. The lowest BCUT2D eigenvalue weighted by molar-refractivity contribution is 0.102. The van der Waals surface area contributed by atoms with Crippen molar-refractivity contribution >= 4 is 11.6 Å². The van der Waals surface area contributed by atoms with Gasteiger partial charge in [-0.05, 0) is 24.3 Å². The zero-order valence-corrected chi connectivity index (χ0v) is 11.5. The number of phenols is 1.